The van der Waals surface area contributed by atoms with E-state index in [0.717, 1.165) is 19.3 Å². The first-order chi connectivity index (χ1) is 9.75. The average molecular weight is 271 g/mol. The predicted octanol–water partition coefficient (Wildman–Crippen LogP) is 3.18. The molecule has 0 saturated carbocycles. The van der Waals surface area contributed by atoms with Gasteiger partial charge < -0.3 is 9.84 Å². The maximum atomic E-state index is 10.8. The summed E-state index contributed by atoms with van der Waals surface area (Å²) in [6, 6.07) is 11.8. The van der Waals surface area contributed by atoms with Crippen molar-refractivity contribution in [2.24, 2.45) is 0 Å². The first kappa shape index (κ1) is 14.1. The van der Waals surface area contributed by atoms with E-state index in [1.165, 1.54) is 24.0 Å². The Hall–Kier alpha value is -2.36. The normalized spacial score (nSPS) is 10.2. The lowest BCUT2D eigenvalue weighted by molar-refractivity contribution is 0.0696. The third-order valence-electron chi connectivity index (χ3n) is 2.93. The Balaban J connectivity index is 1.71. The zero-order valence-electron chi connectivity index (χ0n) is 11.2. The van der Waals surface area contributed by atoms with Crippen molar-refractivity contribution in [3.8, 4) is 5.75 Å². The highest BCUT2D eigenvalue weighted by molar-refractivity contribution is 5.87. The molecule has 4 heteroatoms. The summed E-state index contributed by atoms with van der Waals surface area (Å²) in [6.45, 7) is 0.567. The van der Waals surface area contributed by atoms with Crippen LogP contribution in [0.3, 0.4) is 0 Å². The topological polar surface area (TPSA) is 59.4 Å². The van der Waals surface area contributed by atoms with Gasteiger partial charge in [0.15, 0.2) is 0 Å². The molecule has 2 aromatic rings. The molecule has 0 fully saturated rings. The number of carbonyl (C=O) groups is 1. The number of carboxylic acids is 1. The summed E-state index contributed by atoms with van der Waals surface area (Å²) in [5.74, 6) is -0.489. The summed E-state index contributed by atoms with van der Waals surface area (Å²) in [5.41, 5.74) is 1.47. The van der Waals surface area contributed by atoms with E-state index in [-0.39, 0.29) is 5.56 Å². The summed E-state index contributed by atoms with van der Waals surface area (Å²) in [5, 5.41) is 8.85. The zero-order chi connectivity index (χ0) is 14.2. The summed E-state index contributed by atoms with van der Waals surface area (Å²) in [4.78, 5) is 14.6. The van der Waals surface area contributed by atoms with Crippen LogP contribution in [0.2, 0.25) is 0 Å². The quantitative estimate of drug-likeness (QED) is 0.786. The average Bonchev–Trinajstić information content (AvgIpc) is 2.48. The molecule has 0 amide bonds. The van der Waals surface area contributed by atoms with E-state index in [2.05, 4.69) is 17.1 Å². The third kappa shape index (κ3) is 4.39. The second-order valence-corrected chi connectivity index (χ2v) is 4.51. The molecule has 4 nitrogen and oxygen atoms in total. The highest BCUT2D eigenvalue weighted by Crippen LogP contribution is 2.12. The molecule has 20 heavy (non-hydrogen) atoms. The maximum Gasteiger partial charge on any atom is 0.337 e. The molecule has 1 aromatic heterocycles. The van der Waals surface area contributed by atoms with Crippen LogP contribution in [0.4, 0.5) is 0 Å². The first-order valence-electron chi connectivity index (χ1n) is 6.61. The number of aromatic nitrogens is 1. The minimum Gasteiger partial charge on any atom is -0.492 e. The fraction of sp³-hybridized carbons (Fsp3) is 0.250. The lowest BCUT2D eigenvalue weighted by atomic mass is 10.1. The van der Waals surface area contributed by atoms with Gasteiger partial charge in [-0.05, 0) is 30.9 Å². The summed E-state index contributed by atoms with van der Waals surface area (Å²) < 4.78 is 5.51. The number of unbranched alkanes of at least 4 members (excludes halogenated alkanes) is 1. The first-order valence-corrected chi connectivity index (χ1v) is 6.61. The molecule has 0 saturated heterocycles. The largest absolute Gasteiger partial charge is 0.492 e. The van der Waals surface area contributed by atoms with Crippen molar-refractivity contribution < 1.29 is 14.6 Å². The SMILES string of the molecule is O=C(O)c1cncc(OCCCCc2ccccc2)c1. The van der Waals surface area contributed by atoms with Crippen molar-refractivity contribution in [1.29, 1.82) is 0 Å². The number of pyridine rings is 1. The minimum absolute atomic E-state index is 0.145. The molecule has 0 radical (unpaired) electrons. The Labute approximate surface area is 118 Å². The van der Waals surface area contributed by atoms with Crippen LogP contribution < -0.4 is 4.74 Å². The van der Waals surface area contributed by atoms with E-state index in [1.54, 1.807) is 0 Å². The number of ether oxygens (including phenoxy) is 1. The minimum atomic E-state index is -0.993. The molecule has 1 N–H and O–H groups in total. The molecule has 0 atom stereocenters. The Morgan fingerprint density at radius 3 is 2.70 bits per heavy atom. The number of rotatable bonds is 7. The van der Waals surface area contributed by atoms with Gasteiger partial charge in [0.05, 0.1) is 18.4 Å². The number of aromatic carboxylic acids is 1. The van der Waals surface area contributed by atoms with Gasteiger partial charge in [0.25, 0.3) is 0 Å². The van der Waals surface area contributed by atoms with Crippen LogP contribution in [0.15, 0.2) is 48.8 Å². The smallest absolute Gasteiger partial charge is 0.337 e. The van der Waals surface area contributed by atoms with Gasteiger partial charge >= 0.3 is 5.97 Å². The lowest BCUT2D eigenvalue weighted by Gasteiger charge is -2.06. The highest BCUT2D eigenvalue weighted by Gasteiger charge is 2.04. The fourth-order valence-electron chi connectivity index (χ4n) is 1.88. The molecule has 0 unspecified atom stereocenters. The Morgan fingerprint density at radius 1 is 1.15 bits per heavy atom. The van der Waals surface area contributed by atoms with Crippen molar-refractivity contribution in [3.05, 3.63) is 59.9 Å². The van der Waals surface area contributed by atoms with Gasteiger partial charge in [-0.3, -0.25) is 4.98 Å². The van der Waals surface area contributed by atoms with Crippen LogP contribution in [-0.4, -0.2) is 22.7 Å². The number of hydrogen-bond acceptors (Lipinski definition) is 3. The molecule has 0 aliphatic heterocycles. The van der Waals surface area contributed by atoms with Crippen LogP contribution in [0.5, 0.6) is 5.75 Å². The van der Waals surface area contributed by atoms with Crippen molar-refractivity contribution in [2.75, 3.05) is 6.61 Å². The van der Waals surface area contributed by atoms with Crippen LogP contribution in [0.1, 0.15) is 28.8 Å². The van der Waals surface area contributed by atoms with Crippen molar-refractivity contribution in [3.63, 3.8) is 0 Å². The van der Waals surface area contributed by atoms with Crippen molar-refractivity contribution in [2.45, 2.75) is 19.3 Å². The van der Waals surface area contributed by atoms with Crippen LogP contribution in [0.25, 0.3) is 0 Å². The van der Waals surface area contributed by atoms with Gasteiger partial charge in [-0.25, -0.2) is 4.79 Å². The predicted molar refractivity (Wildman–Crippen MR) is 76.1 cm³/mol. The lowest BCUT2D eigenvalue weighted by Crippen LogP contribution is -2.01. The molecule has 2 rings (SSSR count). The monoisotopic (exact) mass is 271 g/mol. The van der Waals surface area contributed by atoms with Crippen molar-refractivity contribution >= 4 is 5.97 Å². The molecule has 0 aliphatic rings. The number of hydrogen-bond donors (Lipinski definition) is 1. The second-order valence-electron chi connectivity index (χ2n) is 4.51. The second kappa shape index (κ2) is 7.28. The molecule has 0 bridgehead atoms. The summed E-state index contributed by atoms with van der Waals surface area (Å²) >= 11 is 0. The molecule has 1 heterocycles. The van der Waals surface area contributed by atoms with E-state index < -0.39 is 5.97 Å². The summed E-state index contributed by atoms with van der Waals surface area (Å²) in [7, 11) is 0. The van der Waals surface area contributed by atoms with Gasteiger partial charge in [0.1, 0.15) is 5.75 Å². The summed E-state index contributed by atoms with van der Waals surface area (Å²) in [6.07, 6.45) is 5.83. The van der Waals surface area contributed by atoms with Crippen LogP contribution in [-0.2, 0) is 6.42 Å². The van der Waals surface area contributed by atoms with E-state index in [9.17, 15) is 4.79 Å². The third-order valence-corrected chi connectivity index (χ3v) is 2.93. The van der Waals surface area contributed by atoms with E-state index in [0.29, 0.717) is 12.4 Å². The van der Waals surface area contributed by atoms with E-state index in [1.807, 2.05) is 18.2 Å². The van der Waals surface area contributed by atoms with E-state index in [4.69, 9.17) is 9.84 Å². The zero-order valence-corrected chi connectivity index (χ0v) is 11.2. The number of nitrogens with zero attached hydrogens (tertiary/aromatic N) is 1. The van der Waals surface area contributed by atoms with Gasteiger partial charge in [0, 0.05) is 6.20 Å². The maximum absolute atomic E-state index is 10.8. The van der Waals surface area contributed by atoms with Crippen molar-refractivity contribution in [1.82, 2.24) is 4.98 Å². The Kier molecular flexibility index (Phi) is 5.12. The Bertz CT molecular complexity index is 555. The number of carboxylic acid groups (broad SMARTS) is 1. The van der Waals surface area contributed by atoms with Crippen LogP contribution in [0, 0.1) is 0 Å². The van der Waals surface area contributed by atoms with Gasteiger partial charge in [0.2, 0.25) is 0 Å². The molecule has 0 aliphatic carbocycles. The standard InChI is InChI=1S/C16H17NO3/c18-16(19)14-10-15(12-17-11-14)20-9-5-4-8-13-6-2-1-3-7-13/h1-3,6-7,10-12H,4-5,8-9H2,(H,18,19). The van der Waals surface area contributed by atoms with Crippen LogP contribution >= 0.6 is 0 Å². The molecule has 104 valence electrons. The van der Waals surface area contributed by atoms with Gasteiger partial charge in [-0.15, -0.1) is 0 Å². The van der Waals surface area contributed by atoms with Gasteiger partial charge in [-0.1, -0.05) is 30.3 Å². The molecular formula is C16H17NO3. The molecular weight excluding hydrogens is 254 g/mol. The Morgan fingerprint density at radius 2 is 1.95 bits per heavy atom. The fourth-order valence-corrected chi connectivity index (χ4v) is 1.88. The highest BCUT2D eigenvalue weighted by atomic mass is 16.5. The molecule has 0 spiro atoms. The number of benzene rings is 1. The molecule has 1 aromatic carbocycles. The van der Waals surface area contributed by atoms with Gasteiger partial charge in [-0.2, -0.15) is 0 Å². The number of aryl methyl sites for hydroxylation is 1. The van der Waals surface area contributed by atoms with E-state index >= 15 is 0 Å².